The van der Waals surface area contributed by atoms with Crippen molar-refractivity contribution < 1.29 is 14.3 Å². The molecular weight excluding hydrogens is 380 g/mol. The second-order valence-electron chi connectivity index (χ2n) is 7.47. The van der Waals surface area contributed by atoms with Gasteiger partial charge in [0, 0.05) is 18.5 Å². The minimum absolute atomic E-state index is 0.00703. The van der Waals surface area contributed by atoms with Gasteiger partial charge in [-0.05, 0) is 43.5 Å². The third kappa shape index (κ3) is 3.32. The second kappa shape index (κ2) is 7.67. The number of hydrogen-bond donors (Lipinski definition) is 1. The van der Waals surface area contributed by atoms with Crippen LogP contribution in [0.1, 0.15) is 24.1 Å². The molecule has 1 aromatic heterocycles. The number of para-hydroxylation sites is 3. The van der Waals surface area contributed by atoms with Crippen LogP contribution >= 0.6 is 0 Å². The number of amides is 2. The molecule has 5 rings (SSSR count). The van der Waals surface area contributed by atoms with Gasteiger partial charge >= 0.3 is 0 Å². The summed E-state index contributed by atoms with van der Waals surface area (Å²) >= 11 is 0. The van der Waals surface area contributed by atoms with Gasteiger partial charge in [-0.15, -0.1) is 0 Å². The molecule has 1 aliphatic heterocycles. The normalized spacial score (nSPS) is 14.8. The molecule has 0 saturated carbocycles. The molecule has 0 unspecified atom stereocenters. The number of aryl methyl sites for hydroxylation is 1. The molecule has 2 aromatic carbocycles. The van der Waals surface area contributed by atoms with E-state index in [0.717, 1.165) is 42.0 Å². The first-order chi connectivity index (χ1) is 14.7. The van der Waals surface area contributed by atoms with Crippen molar-refractivity contribution in [1.82, 2.24) is 9.78 Å². The van der Waals surface area contributed by atoms with E-state index < -0.39 is 0 Å². The van der Waals surface area contributed by atoms with Crippen molar-refractivity contribution in [1.29, 1.82) is 0 Å². The monoisotopic (exact) mass is 402 g/mol. The Morgan fingerprint density at radius 1 is 1.07 bits per heavy atom. The fourth-order valence-corrected chi connectivity index (χ4v) is 4.08. The van der Waals surface area contributed by atoms with Crippen LogP contribution in [-0.2, 0) is 22.4 Å². The van der Waals surface area contributed by atoms with Gasteiger partial charge < -0.3 is 15.0 Å². The number of rotatable bonds is 5. The number of ether oxygens (including phenoxy) is 1. The first-order valence-electron chi connectivity index (χ1n) is 10.2. The lowest BCUT2D eigenvalue weighted by Crippen LogP contribution is -2.40. The number of carbonyl (C=O) groups excluding carboxylic acids is 2. The van der Waals surface area contributed by atoms with Crippen molar-refractivity contribution in [3.63, 3.8) is 0 Å². The van der Waals surface area contributed by atoms with E-state index in [1.54, 1.807) is 4.90 Å². The Balaban J connectivity index is 1.34. The second-order valence-corrected chi connectivity index (χ2v) is 7.47. The quantitative estimate of drug-likeness (QED) is 0.711. The van der Waals surface area contributed by atoms with Crippen LogP contribution in [-0.4, -0.2) is 34.7 Å². The van der Waals surface area contributed by atoms with E-state index in [-0.39, 0.29) is 24.8 Å². The summed E-state index contributed by atoms with van der Waals surface area (Å²) in [6.45, 7) is 0.291. The van der Waals surface area contributed by atoms with E-state index in [1.807, 2.05) is 59.3 Å². The average molecular weight is 402 g/mol. The van der Waals surface area contributed by atoms with E-state index in [0.29, 0.717) is 18.0 Å². The lowest BCUT2D eigenvalue weighted by molar-refractivity contribution is -0.121. The molecular formula is C23H22N4O3. The van der Waals surface area contributed by atoms with Crippen LogP contribution in [0.25, 0.3) is 5.69 Å². The van der Waals surface area contributed by atoms with Gasteiger partial charge in [-0.25, -0.2) is 4.68 Å². The zero-order chi connectivity index (χ0) is 20.5. The fourth-order valence-electron chi connectivity index (χ4n) is 4.08. The number of aromatic nitrogens is 2. The molecule has 3 aromatic rings. The number of fused-ring (bicyclic) bond motifs is 2. The first kappa shape index (κ1) is 18.4. The van der Waals surface area contributed by atoms with Crippen LogP contribution in [0.15, 0.2) is 54.6 Å². The van der Waals surface area contributed by atoms with Crippen LogP contribution < -0.4 is 15.0 Å². The van der Waals surface area contributed by atoms with Gasteiger partial charge in [-0.2, -0.15) is 5.10 Å². The highest BCUT2D eigenvalue weighted by atomic mass is 16.5. The van der Waals surface area contributed by atoms with Gasteiger partial charge in [0.25, 0.3) is 5.91 Å². The third-order valence-electron chi connectivity index (χ3n) is 5.54. The molecule has 152 valence electrons. The smallest absolute Gasteiger partial charge is 0.265 e. The zero-order valence-corrected chi connectivity index (χ0v) is 16.5. The summed E-state index contributed by atoms with van der Waals surface area (Å²) in [5, 5.41) is 7.79. The maximum Gasteiger partial charge on any atom is 0.265 e. The summed E-state index contributed by atoms with van der Waals surface area (Å²) in [7, 11) is 0. The van der Waals surface area contributed by atoms with Gasteiger partial charge in [0.2, 0.25) is 5.91 Å². The lowest BCUT2D eigenvalue weighted by Gasteiger charge is -2.29. The Hall–Kier alpha value is -3.61. The van der Waals surface area contributed by atoms with Gasteiger partial charge in [0.1, 0.15) is 11.6 Å². The van der Waals surface area contributed by atoms with E-state index in [4.69, 9.17) is 9.84 Å². The standard InChI is InChI=1S/C23H22N4O3/c28-21(13-14-26-19-11-4-5-12-20(19)30-15-22(26)29)24-23-17-9-6-10-18(17)25-27(23)16-7-2-1-3-8-16/h1-5,7-8,11-12H,6,9-10,13-15H2,(H,24,28). The summed E-state index contributed by atoms with van der Waals surface area (Å²) in [6, 6.07) is 17.2. The Morgan fingerprint density at radius 2 is 1.87 bits per heavy atom. The van der Waals surface area contributed by atoms with Crippen LogP contribution in [0.3, 0.4) is 0 Å². The molecule has 2 amide bonds. The summed E-state index contributed by atoms with van der Waals surface area (Å²) < 4.78 is 7.29. The van der Waals surface area contributed by atoms with Crippen molar-refractivity contribution >= 4 is 23.3 Å². The summed E-state index contributed by atoms with van der Waals surface area (Å²) in [5.74, 6) is 1.13. The summed E-state index contributed by atoms with van der Waals surface area (Å²) in [4.78, 5) is 26.8. The van der Waals surface area contributed by atoms with Crippen molar-refractivity contribution in [2.24, 2.45) is 0 Å². The predicted molar refractivity (Wildman–Crippen MR) is 113 cm³/mol. The molecule has 7 heteroatoms. The maximum absolute atomic E-state index is 12.8. The maximum atomic E-state index is 12.8. The molecule has 7 nitrogen and oxygen atoms in total. The molecule has 2 heterocycles. The molecule has 0 spiro atoms. The van der Waals surface area contributed by atoms with Gasteiger partial charge in [0.05, 0.1) is 17.1 Å². The topological polar surface area (TPSA) is 76.5 Å². The van der Waals surface area contributed by atoms with E-state index in [9.17, 15) is 9.59 Å². The Bertz CT molecular complexity index is 1110. The first-order valence-corrected chi connectivity index (χ1v) is 10.2. The SMILES string of the molecule is O=C(CCN1C(=O)COc2ccccc21)Nc1c2c(nn1-c1ccccc1)CCC2. The summed E-state index contributed by atoms with van der Waals surface area (Å²) in [5.41, 5.74) is 3.78. The van der Waals surface area contributed by atoms with Crippen LogP contribution in [0.2, 0.25) is 0 Å². The minimum atomic E-state index is -0.142. The molecule has 0 fully saturated rings. The van der Waals surface area contributed by atoms with Crippen molar-refractivity contribution in [2.45, 2.75) is 25.7 Å². The van der Waals surface area contributed by atoms with Gasteiger partial charge in [0.15, 0.2) is 6.61 Å². The van der Waals surface area contributed by atoms with Crippen molar-refractivity contribution in [2.75, 3.05) is 23.4 Å². The number of carbonyl (C=O) groups is 2. The largest absolute Gasteiger partial charge is 0.482 e. The lowest BCUT2D eigenvalue weighted by atomic mass is 10.2. The highest BCUT2D eigenvalue weighted by Crippen LogP contribution is 2.32. The number of nitrogens with zero attached hydrogens (tertiary/aromatic N) is 3. The van der Waals surface area contributed by atoms with E-state index in [2.05, 4.69) is 5.32 Å². The summed E-state index contributed by atoms with van der Waals surface area (Å²) in [6.07, 6.45) is 3.08. The highest BCUT2D eigenvalue weighted by molar-refractivity contribution is 5.99. The van der Waals surface area contributed by atoms with Gasteiger partial charge in [-0.1, -0.05) is 30.3 Å². The average Bonchev–Trinajstić information content (AvgIpc) is 3.36. The Kier molecular flexibility index (Phi) is 4.71. The van der Waals surface area contributed by atoms with E-state index >= 15 is 0 Å². The number of benzene rings is 2. The molecule has 0 bridgehead atoms. The number of hydrogen-bond acceptors (Lipinski definition) is 4. The van der Waals surface area contributed by atoms with Crippen molar-refractivity contribution in [3.05, 3.63) is 65.9 Å². The predicted octanol–water partition coefficient (Wildman–Crippen LogP) is 3.12. The third-order valence-corrected chi connectivity index (χ3v) is 5.54. The zero-order valence-electron chi connectivity index (χ0n) is 16.5. The molecule has 0 saturated heterocycles. The van der Waals surface area contributed by atoms with Crippen LogP contribution in [0.5, 0.6) is 5.75 Å². The highest BCUT2D eigenvalue weighted by Gasteiger charge is 2.27. The van der Waals surface area contributed by atoms with Crippen LogP contribution in [0.4, 0.5) is 11.5 Å². The Labute approximate surface area is 174 Å². The Morgan fingerprint density at radius 3 is 2.73 bits per heavy atom. The molecule has 30 heavy (non-hydrogen) atoms. The molecule has 2 aliphatic rings. The van der Waals surface area contributed by atoms with E-state index in [1.165, 1.54) is 0 Å². The molecule has 0 radical (unpaired) electrons. The van der Waals surface area contributed by atoms with Crippen LogP contribution in [0, 0.1) is 0 Å². The number of nitrogens with one attached hydrogen (secondary N) is 1. The minimum Gasteiger partial charge on any atom is -0.482 e. The van der Waals surface area contributed by atoms with Crippen molar-refractivity contribution in [3.8, 4) is 11.4 Å². The fraction of sp³-hybridized carbons (Fsp3) is 0.261. The van der Waals surface area contributed by atoms with Gasteiger partial charge in [-0.3, -0.25) is 9.59 Å². The molecule has 1 aliphatic carbocycles. The number of anilines is 2. The molecule has 0 atom stereocenters. The molecule has 1 N–H and O–H groups in total.